The highest BCUT2D eigenvalue weighted by Crippen LogP contribution is 2.33. The lowest BCUT2D eigenvalue weighted by Crippen LogP contribution is -2.16. The Kier molecular flexibility index (Phi) is 20.3. The van der Waals surface area contributed by atoms with Gasteiger partial charge < -0.3 is 0 Å². The molecule has 0 heterocycles. The third kappa shape index (κ3) is 67.6. The predicted octanol–water partition coefficient (Wildman–Crippen LogP) is 15.0. The van der Waals surface area contributed by atoms with Crippen LogP contribution in [0, 0.1) is 43.3 Å². The van der Waals surface area contributed by atoms with Gasteiger partial charge in [-0.3, -0.25) is 0 Å². The molecule has 0 saturated carbocycles. The second-order valence-electron chi connectivity index (χ2n) is 22.2. The van der Waals surface area contributed by atoms with Crippen molar-refractivity contribution in [2.75, 3.05) is 0 Å². The van der Waals surface area contributed by atoms with E-state index in [2.05, 4.69) is 166 Å². The summed E-state index contributed by atoms with van der Waals surface area (Å²) in [6.45, 7) is 55.2. The molecule has 0 radical (unpaired) electrons. The standard InChI is InChI=1S/C11H24.C10H22.2C9H20/c1-10(2,3)8-7-9-11(4,5)6;1-9(2,3)7-8-10(4,5)6;2*1-8(2,3)7-9(4,5)6/h7-9H2,1-6H3;7-8H2,1-6H3;2*7H2,1-6H3. The van der Waals surface area contributed by atoms with E-state index >= 15 is 0 Å². The fourth-order valence-corrected chi connectivity index (χ4v) is 5.08. The molecule has 242 valence electrons. The van der Waals surface area contributed by atoms with Crippen LogP contribution < -0.4 is 0 Å². The van der Waals surface area contributed by atoms with E-state index in [1.54, 1.807) is 0 Å². The fraction of sp³-hybridized carbons (Fsp3) is 1.00. The van der Waals surface area contributed by atoms with Gasteiger partial charge in [0.2, 0.25) is 0 Å². The molecule has 0 bridgehead atoms. The van der Waals surface area contributed by atoms with Gasteiger partial charge in [-0.05, 0) is 81.8 Å². The van der Waals surface area contributed by atoms with Gasteiger partial charge in [0, 0.05) is 0 Å². The van der Waals surface area contributed by atoms with E-state index in [0.717, 1.165) is 0 Å². The molecule has 0 amide bonds. The molecule has 0 nitrogen and oxygen atoms in total. The quantitative estimate of drug-likeness (QED) is 0.325. The van der Waals surface area contributed by atoms with Gasteiger partial charge in [0.1, 0.15) is 0 Å². The number of hydrogen-bond donors (Lipinski definition) is 0. The summed E-state index contributed by atoms with van der Waals surface area (Å²) in [5.41, 5.74) is 3.99. The third-order valence-electron chi connectivity index (χ3n) is 5.60. The summed E-state index contributed by atoms with van der Waals surface area (Å²) in [7, 11) is 0. The number of rotatable bonds is 3. The number of hydrogen-bond acceptors (Lipinski definition) is 0. The maximum Gasteiger partial charge on any atom is -0.0378 e. The van der Waals surface area contributed by atoms with E-state index in [-0.39, 0.29) is 0 Å². The largest absolute Gasteiger partial charge is 0.0602 e. The maximum absolute atomic E-state index is 2.32. The molecule has 0 aliphatic heterocycles. The van der Waals surface area contributed by atoms with Crippen molar-refractivity contribution < 1.29 is 0 Å². The second-order valence-corrected chi connectivity index (χ2v) is 22.2. The van der Waals surface area contributed by atoms with E-state index in [1.807, 2.05) is 0 Å². The first-order valence-electron chi connectivity index (χ1n) is 16.3. The van der Waals surface area contributed by atoms with E-state index in [4.69, 9.17) is 0 Å². The van der Waals surface area contributed by atoms with Crippen molar-refractivity contribution in [2.24, 2.45) is 43.3 Å². The molecule has 0 fully saturated rings. The van der Waals surface area contributed by atoms with Crippen molar-refractivity contribution in [3.8, 4) is 0 Å². The fourth-order valence-electron chi connectivity index (χ4n) is 5.08. The summed E-state index contributed by atoms with van der Waals surface area (Å²) in [6.07, 6.45) is 9.31. The zero-order chi connectivity index (χ0) is 32.9. The highest BCUT2D eigenvalue weighted by atomic mass is 14.3. The molecule has 0 spiro atoms. The van der Waals surface area contributed by atoms with Crippen LogP contribution in [-0.2, 0) is 0 Å². The SMILES string of the molecule is CC(C)(C)CC(C)(C)C.CC(C)(C)CC(C)(C)C.CC(C)(C)CCC(C)(C)C.CC(C)(C)CCCC(C)(C)C. The monoisotopic (exact) mass is 555 g/mol. The lowest BCUT2D eigenvalue weighted by atomic mass is 9.78. The molecule has 0 atom stereocenters. The molecule has 0 aromatic carbocycles. The highest BCUT2D eigenvalue weighted by Gasteiger charge is 2.21. The van der Waals surface area contributed by atoms with Crippen LogP contribution in [0.25, 0.3) is 0 Å². The van der Waals surface area contributed by atoms with Gasteiger partial charge in [0.05, 0.1) is 0 Å². The maximum atomic E-state index is 2.32. The Bertz CT molecular complexity index is 482. The predicted molar refractivity (Wildman–Crippen MR) is 188 cm³/mol. The molecule has 0 aromatic heterocycles. The smallest absolute Gasteiger partial charge is 0.0378 e. The van der Waals surface area contributed by atoms with Crippen LogP contribution in [-0.4, -0.2) is 0 Å². The molecule has 0 saturated heterocycles. The minimum atomic E-state index is 0.484. The lowest BCUT2D eigenvalue weighted by Gasteiger charge is -2.28. The van der Waals surface area contributed by atoms with Crippen molar-refractivity contribution in [3.05, 3.63) is 0 Å². The molecule has 0 rings (SSSR count). The Morgan fingerprint density at radius 1 is 0.205 bits per heavy atom. The first-order valence-corrected chi connectivity index (χ1v) is 16.3. The van der Waals surface area contributed by atoms with Crippen molar-refractivity contribution in [2.45, 2.75) is 211 Å². The van der Waals surface area contributed by atoms with Crippen LogP contribution in [0.1, 0.15) is 211 Å². The highest BCUT2D eigenvalue weighted by molar-refractivity contribution is 4.72. The van der Waals surface area contributed by atoms with E-state index in [0.29, 0.717) is 43.3 Å². The van der Waals surface area contributed by atoms with Gasteiger partial charge in [0.15, 0.2) is 0 Å². The Morgan fingerprint density at radius 2 is 0.359 bits per heavy atom. The van der Waals surface area contributed by atoms with Gasteiger partial charge in [-0.15, -0.1) is 0 Å². The Balaban J connectivity index is -0.000000210. The normalized spacial score (nSPS) is 13.8. The zero-order valence-electron chi connectivity index (χ0n) is 32.9. The summed E-state index contributed by atoms with van der Waals surface area (Å²) in [6, 6.07) is 0. The summed E-state index contributed by atoms with van der Waals surface area (Å²) in [4.78, 5) is 0. The van der Waals surface area contributed by atoms with Crippen LogP contribution in [0.5, 0.6) is 0 Å². The molecule has 0 unspecified atom stereocenters. The van der Waals surface area contributed by atoms with Gasteiger partial charge in [-0.1, -0.05) is 173 Å². The minimum absolute atomic E-state index is 0.484. The first kappa shape index (κ1) is 46.0. The summed E-state index contributed by atoms with van der Waals surface area (Å²) < 4.78 is 0. The van der Waals surface area contributed by atoms with E-state index < -0.39 is 0 Å². The Labute approximate surface area is 254 Å². The Hall–Kier alpha value is 0. The molecule has 0 heteroatoms. The topological polar surface area (TPSA) is 0 Å². The van der Waals surface area contributed by atoms with Crippen molar-refractivity contribution in [3.63, 3.8) is 0 Å². The summed E-state index contributed by atoms with van der Waals surface area (Å²) >= 11 is 0. The minimum Gasteiger partial charge on any atom is -0.0602 e. The van der Waals surface area contributed by atoms with Gasteiger partial charge in [-0.25, -0.2) is 0 Å². The summed E-state index contributed by atoms with van der Waals surface area (Å²) in [5.74, 6) is 0. The third-order valence-corrected chi connectivity index (χ3v) is 5.60. The second kappa shape index (κ2) is 17.2. The molecule has 0 aliphatic rings. The zero-order valence-corrected chi connectivity index (χ0v) is 32.9. The molecule has 0 N–H and O–H groups in total. The summed E-state index contributed by atoms with van der Waals surface area (Å²) in [5, 5.41) is 0. The molecule has 0 aliphatic carbocycles. The molecule has 39 heavy (non-hydrogen) atoms. The van der Waals surface area contributed by atoms with Gasteiger partial charge in [-0.2, -0.15) is 0 Å². The molecular formula is C39H86. The van der Waals surface area contributed by atoms with Crippen LogP contribution in [0.2, 0.25) is 0 Å². The molecular weight excluding hydrogens is 468 g/mol. The van der Waals surface area contributed by atoms with Crippen LogP contribution in [0.15, 0.2) is 0 Å². The van der Waals surface area contributed by atoms with Gasteiger partial charge >= 0.3 is 0 Å². The van der Waals surface area contributed by atoms with Crippen molar-refractivity contribution >= 4 is 0 Å². The van der Waals surface area contributed by atoms with Crippen LogP contribution in [0.4, 0.5) is 0 Å². The van der Waals surface area contributed by atoms with Gasteiger partial charge in [0.25, 0.3) is 0 Å². The average Bonchev–Trinajstić information content (AvgIpc) is 2.43. The first-order chi connectivity index (χ1) is 16.3. The van der Waals surface area contributed by atoms with Crippen LogP contribution in [0.3, 0.4) is 0 Å². The van der Waals surface area contributed by atoms with E-state index in [1.165, 1.54) is 44.9 Å². The molecule has 0 aromatic rings. The Morgan fingerprint density at radius 3 is 0.436 bits per heavy atom. The lowest BCUT2D eigenvalue weighted by molar-refractivity contribution is 0.233. The van der Waals surface area contributed by atoms with Crippen LogP contribution >= 0.6 is 0 Å². The average molecular weight is 555 g/mol. The van der Waals surface area contributed by atoms with Crippen molar-refractivity contribution in [1.29, 1.82) is 0 Å². The van der Waals surface area contributed by atoms with E-state index in [9.17, 15) is 0 Å². The van der Waals surface area contributed by atoms with Crippen molar-refractivity contribution in [1.82, 2.24) is 0 Å².